The maximum absolute atomic E-state index is 13.9. The average Bonchev–Trinajstić information content (AvgIpc) is 3.51. The Kier molecular flexibility index (Phi) is 8.49. The van der Waals surface area contributed by atoms with E-state index in [1.807, 2.05) is 12.1 Å². The van der Waals surface area contributed by atoms with E-state index in [0.29, 0.717) is 43.6 Å². The van der Waals surface area contributed by atoms with Gasteiger partial charge >= 0.3 is 5.97 Å². The molecule has 0 spiro atoms. The summed E-state index contributed by atoms with van der Waals surface area (Å²) in [5, 5.41) is 0. The molecule has 0 amide bonds. The lowest BCUT2D eigenvalue weighted by Crippen LogP contribution is -2.40. The van der Waals surface area contributed by atoms with E-state index in [4.69, 9.17) is 23.4 Å². The Bertz CT molecular complexity index is 1550. The molecule has 0 fully saturated rings. The van der Waals surface area contributed by atoms with Crippen molar-refractivity contribution < 1.29 is 28.2 Å². The van der Waals surface area contributed by atoms with Gasteiger partial charge in [0, 0.05) is 25.2 Å². The zero-order chi connectivity index (χ0) is 28.3. The van der Waals surface area contributed by atoms with Crippen molar-refractivity contribution in [3.63, 3.8) is 0 Å². The highest BCUT2D eigenvalue weighted by Gasteiger charge is 2.34. The largest absolute Gasteiger partial charge is 0.493 e. The first kappa shape index (κ1) is 28.0. The van der Waals surface area contributed by atoms with E-state index < -0.39 is 12.0 Å². The molecule has 1 atom stereocenters. The van der Waals surface area contributed by atoms with Gasteiger partial charge in [-0.3, -0.25) is 9.36 Å². The van der Waals surface area contributed by atoms with Crippen molar-refractivity contribution in [1.29, 1.82) is 0 Å². The van der Waals surface area contributed by atoms with E-state index in [0.717, 1.165) is 19.0 Å². The monoisotopic (exact) mass is 555 g/mol. The third kappa shape index (κ3) is 5.18. The summed E-state index contributed by atoms with van der Waals surface area (Å²) < 4.78 is 29.9. The second-order valence-electron chi connectivity index (χ2n) is 8.61. The third-order valence-electron chi connectivity index (χ3n) is 6.48. The quantitative estimate of drug-likeness (QED) is 0.351. The number of carbonyl (C=O) groups is 1. The fourth-order valence-corrected chi connectivity index (χ4v) is 5.65. The molecule has 0 unspecified atom stereocenters. The van der Waals surface area contributed by atoms with Gasteiger partial charge in [0.25, 0.3) is 5.56 Å². The number of aromatic nitrogens is 1. The van der Waals surface area contributed by atoms with Crippen LogP contribution in [0.3, 0.4) is 0 Å². The number of hydrogen-bond acceptors (Lipinski definition) is 10. The van der Waals surface area contributed by atoms with E-state index in [1.54, 1.807) is 32.1 Å². The molecule has 0 saturated carbocycles. The smallest absolute Gasteiger partial charge is 0.338 e. The first-order chi connectivity index (χ1) is 18.8. The number of methoxy groups -OCH3 is 3. The van der Waals surface area contributed by atoms with Gasteiger partial charge in [-0.25, -0.2) is 9.79 Å². The van der Waals surface area contributed by atoms with Gasteiger partial charge in [0.2, 0.25) is 5.75 Å². The van der Waals surface area contributed by atoms with Crippen LogP contribution in [0, 0.1) is 0 Å². The molecule has 4 rings (SSSR count). The van der Waals surface area contributed by atoms with Crippen LogP contribution in [-0.2, 0) is 9.53 Å². The van der Waals surface area contributed by atoms with Crippen LogP contribution < -0.4 is 34.0 Å². The third-order valence-corrected chi connectivity index (χ3v) is 7.46. The Morgan fingerprint density at radius 3 is 2.33 bits per heavy atom. The summed E-state index contributed by atoms with van der Waals surface area (Å²) in [6.07, 6.45) is 1.70. The van der Waals surface area contributed by atoms with Gasteiger partial charge in [-0.1, -0.05) is 11.3 Å². The summed E-state index contributed by atoms with van der Waals surface area (Å²) in [7, 11) is 4.53. The second kappa shape index (κ2) is 11.8. The van der Waals surface area contributed by atoms with E-state index in [9.17, 15) is 9.59 Å². The molecule has 3 heterocycles. The van der Waals surface area contributed by atoms with E-state index in [2.05, 4.69) is 23.7 Å². The van der Waals surface area contributed by atoms with Crippen molar-refractivity contribution in [3.05, 3.63) is 66.5 Å². The molecule has 11 heteroatoms. The number of hydrogen-bond donors (Lipinski definition) is 0. The van der Waals surface area contributed by atoms with Crippen LogP contribution in [0.25, 0.3) is 6.08 Å². The molecule has 1 aliphatic heterocycles. The fourth-order valence-electron chi connectivity index (χ4n) is 4.62. The Balaban J connectivity index is 1.95. The van der Waals surface area contributed by atoms with Gasteiger partial charge in [-0.2, -0.15) is 0 Å². The molecule has 0 bridgehead atoms. The molecule has 1 aliphatic rings. The summed E-state index contributed by atoms with van der Waals surface area (Å²) in [5.74, 6) is 1.92. The molecular weight excluding hydrogens is 522 g/mol. The van der Waals surface area contributed by atoms with Crippen LogP contribution in [0.5, 0.6) is 17.2 Å². The Morgan fingerprint density at radius 2 is 1.77 bits per heavy atom. The molecule has 1 aromatic carbocycles. The fraction of sp³-hybridized carbons (Fsp3) is 0.393. The first-order valence-electron chi connectivity index (χ1n) is 12.7. The van der Waals surface area contributed by atoms with Gasteiger partial charge in [0.05, 0.1) is 49.8 Å². The number of esters is 1. The minimum absolute atomic E-state index is 0.176. The van der Waals surface area contributed by atoms with Crippen molar-refractivity contribution >= 4 is 29.3 Å². The highest BCUT2D eigenvalue weighted by atomic mass is 32.1. The van der Waals surface area contributed by atoms with Crippen molar-refractivity contribution in [3.8, 4) is 17.2 Å². The van der Waals surface area contributed by atoms with Crippen LogP contribution in [0.2, 0.25) is 0 Å². The zero-order valence-corrected chi connectivity index (χ0v) is 24.0. The Hall–Kier alpha value is -3.99. The second-order valence-corrected chi connectivity index (χ2v) is 9.62. The summed E-state index contributed by atoms with van der Waals surface area (Å²) in [6.45, 7) is 9.35. The molecule has 10 nitrogen and oxygen atoms in total. The minimum atomic E-state index is -0.834. The van der Waals surface area contributed by atoms with Crippen LogP contribution in [0.1, 0.15) is 45.1 Å². The van der Waals surface area contributed by atoms with E-state index in [-0.39, 0.29) is 17.7 Å². The molecule has 0 aliphatic carbocycles. The molecular formula is C28H33N3O7S. The van der Waals surface area contributed by atoms with Crippen LogP contribution in [0.4, 0.5) is 5.88 Å². The number of ether oxygens (including phenoxy) is 4. The lowest BCUT2D eigenvalue weighted by molar-refractivity contribution is -0.139. The van der Waals surface area contributed by atoms with Gasteiger partial charge in [0.1, 0.15) is 5.76 Å². The first-order valence-corrected chi connectivity index (χ1v) is 13.5. The number of anilines is 1. The average molecular weight is 556 g/mol. The summed E-state index contributed by atoms with van der Waals surface area (Å²) in [6, 6.07) is 6.34. The number of benzene rings is 1. The number of nitrogens with zero attached hydrogens (tertiary/aromatic N) is 3. The summed E-state index contributed by atoms with van der Waals surface area (Å²) >= 11 is 1.22. The number of furan rings is 1. The van der Waals surface area contributed by atoms with Crippen molar-refractivity contribution in [1.82, 2.24) is 4.57 Å². The van der Waals surface area contributed by atoms with Crippen molar-refractivity contribution in [2.45, 2.75) is 33.7 Å². The van der Waals surface area contributed by atoms with Crippen LogP contribution >= 0.6 is 11.3 Å². The maximum Gasteiger partial charge on any atom is 0.338 e. The maximum atomic E-state index is 13.9. The van der Waals surface area contributed by atoms with Crippen molar-refractivity contribution in [2.75, 3.05) is 45.9 Å². The molecule has 208 valence electrons. The standard InChI is InChI=1S/C28H33N3O7S/c1-8-30(9-2)22-12-11-18(38-22)15-21-26(32)31-24(17-13-19(34-5)25(36-7)20(14-17)35-6)23(27(33)37-10-3)16(4)29-28(31)39-21/h11-15,24H,8-10H2,1-7H3/t24-/m1/s1. The number of allylic oxidation sites excluding steroid dienone is 1. The van der Waals surface area contributed by atoms with Crippen LogP contribution in [0.15, 0.2) is 49.7 Å². The number of carbonyl (C=O) groups excluding carboxylic acids is 1. The molecule has 3 aromatic rings. The van der Waals surface area contributed by atoms with E-state index in [1.165, 1.54) is 37.2 Å². The van der Waals surface area contributed by atoms with Gasteiger partial charge in [-0.15, -0.1) is 0 Å². The topological polar surface area (TPSA) is 105 Å². The SMILES string of the molecule is CCOC(=O)C1=C(C)N=c2sc(=Cc3ccc(N(CC)CC)o3)c(=O)n2[C@@H]1c1cc(OC)c(OC)c(OC)c1. The highest BCUT2D eigenvalue weighted by Crippen LogP contribution is 2.42. The van der Waals surface area contributed by atoms with E-state index >= 15 is 0 Å². The summed E-state index contributed by atoms with van der Waals surface area (Å²) in [4.78, 5) is 34.2. The molecule has 0 saturated heterocycles. The van der Waals surface area contributed by atoms with Crippen molar-refractivity contribution in [2.24, 2.45) is 4.99 Å². The highest BCUT2D eigenvalue weighted by molar-refractivity contribution is 7.07. The summed E-state index contributed by atoms with van der Waals surface area (Å²) in [5.41, 5.74) is 0.984. The van der Waals surface area contributed by atoms with Crippen LogP contribution in [-0.4, -0.2) is 51.6 Å². The predicted molar refractivity (Wildman–Crippen MR) is 149 cm³/mol. The number of rotatable bonds is 10. The molecule has 2 aromatic heterocycles. The predicted octanol–water partition coefficient (Wildman–Crippen LogP) is 3.26. The van der Waals surface area contributed by atoms with Gasteiger partial charge < -0.3 is 28.3 Å². The number of fused-ring (bicyclic) bond motifs is 1. The molecule has 0 radical (unpaired) electrons. The number of thiazole rings is 1. The molecule has 39 heavy (non-hydrogen) atoms. The molecule has 0 N–H and O–H groups in total. The van der Waals surface area contributed by atoms with Gasteiger partial charge in [0.15, 0.2) is 22.2 Å². The normalized spacial score (nSPS) is 15.1. The van der Waals surface area contributed by atoms with Gasteiger partial charge in [-0.05, 0) is 51.5 Å². The lowest BCUT2D eigenvalue weighted by Gasteiger charge is -2.26. The minimum Gasteiger partial charge on any atom is -0.493 e. The Labute approximate surface area is 230 Å². The zero-order valence-electron chi connectivity index (χ0n) is 23.2. The lowest BCUT2D eigenvalue weighted by atomic mass is 9.95. The Morgan fingerprint density at radius 1 is 1.10 bits per heavy atom.